The van der Waals surface area contributed by atoms with Gasteiger partial charge in [0.1, 0.15) is 18.2 Å². The largest absolute Gasteiger partial charge is 0.487 e. The first-order valence-electron chi connectivity index (χ1n) is 8.20. The van der Waals surface area contributed by atoms with Crippen LogP contribution in [0.3, 0.4) is 0 Å². The Kier molecular flexibility index (Phi) is 6.59. The van der Waals surface area contributed by atoms with Gasteiger partial charge in [-0.15, -0.1) is 0 Å². The van der Waals surface area contributed by atoms with E-state index in [0.29, 0.717) is 32.0 Å². The molecule has 0 bridgehead atoms. The van der Waals surface area contributed by atoms with Crippen molar-refractivity contribution in [3.63, 3.8) is 0 Å². The van der Waals surface area contributed by atoms with Gasteiger partial charge in [0, 0.05) is 10.6 Å². The van der Waals surface area contributed by atoms with E-state index >= 15 is 0 Å². The highest BCUT2D eigenvalue weighted by molar-refractivity contribution is 6.36. The molecule has 0 unspecified atom stereocenters. The molecule has 2 nitrogen and oxygen atoms in total. The van der Waals surface area contributed by atoms with E-state index in [4.69, 9.17) is 39.5 Å². The molecule has 3 aromatic rings. The highest BCUT2D eigenvalue weighted by Crippen LogP contribution is 2.31. The highest BCUT2D eigenvalue weighted by atomic mass is 35.5. The van der Waals surface area contributed by atoms with E-state index in [9.17, 15) is 9.65 Å². The summed E-state index contributed by atoms with van der Waals surface area (Å²) in [6.07, 6.45) is 1.69. The van der Waals surface area contributed by atoms with Crippen molar-refractivity contribution in [3.8, 4) is 11.8 Å². The van der Waals surface area contributed by atoms with Crippen molar-refractivity contribution < 1.29 is 9.13 Å². The zero-order valence-electron chi connectivity index (χ0n) is 14.4. The minimum absolute atomic E-state index is 0.263. The molecule has 0 aliphatic rings. The fraction of sp³-hybridized carbons (Fsp3) is 0.0455. The SMILES string of the molecule is N#C/C(=C\c1ccc(OCc2ccc(F)cc2)c(Cl)c1)c1ccc(Cl)cc1Cl. The molecular weight excluding hydrogens is 420 g/mol. The number of nitrogens with zero attached hydrogens (tertiary/aromatic N) is 1. The molecule has 0 aromatic heterocycles. The smallest absolute Gasteiger partial charge is 0.138 e. The fourth-order valence-electron chi connectivity index (χ4n) is 2.51. The van der Waals surface area contributed by atoms with Crippen LogP contribution in [0.25, 0.3) is 11.6 Å². The predicted octanol–water partition coefficient (Wildman–Crippen LogP) is 7.43. The van der Waals surface area contributed by atoms with Gasteiger partial charge in [0.15, 0.2) is 0 Å². The van der Waals surface area contributed by atoms with E-state index in [1.807, 2.05) is 0 Å². The maximum atomic E-state index is 13.0. The van der Waals surface area contributed by atoms with Gasteiger partial charge in [-0.2, -0.15) is 5.26 Å². The number of allylic oxidation sites excluding steroid dienone is 1. The molecule has 0 fully saturated rings. The van der Waals surface area contributed by atoms with Gasteiger partial charge in [0.2, 0.25) is 0 Å². The van der Waals surface area contributed by atoms with Crippen LogP contribution in [0.15, 0.2) is 60.7 Å². The first-order chi connectivity index (χ1) is 13.5. The molecule has 28 heavy (non-hydrogen) atoms. The molecule has 3 rings (SSSR count). The van der Waals surface area contributed by atoms with Crippen LogP contribution in [0.2, 0.25) is 15.1 Å². The number of rotatable bonds is 5. The fourth-order valence-corrected chi connectivity index (χ4v) is 3.26. The molecule has 0 heterocycles. The van der Waals surface area contributed by atoms with Crippen molar-refractivity contribution in [3.05, 3.63) is 98.2 Å². The zero-order valence-corrected chi connectivity index (χ0v) is 16.7. The maximum Gasteiger partial charge on any atom is 0.138 e. The molecule has 0 N–H and O–H groups in total. The van der Waals surface area contributed by atoms with E-state index < -0.39 is 0 Å². The van der Waals surface area contributed by atoms with Gasteiger partial charge in [-0.1, -0.05) is 59.1 Å². The summed E-state index contributed by atoms with van der Waals surface area (Å²) in [7, 11) is 0. The first-order valence-corrected chi connectivity index (χ1v) is 9.33. The summed E-state index contributed by atoms with van der Waals surface area (Å²) < 4.78 is 18.6. The Labute approximate surface area is 177 Å². The molecular formula is C22H13Cl3FNO. The average Bonchev–Trinajstić information content (AvgIpc) is 2.67. The van der Waals surface area contributed by atoms with Crippen LogP contribution < -0.4 is 4.74 Å². The second-order valence-electron chi connectivity index (χ2n) is 5.90. The number of ether oxygens (including phenoxy) is 1. The highest BCUT2D eigenvalue weighted by Gasteiger charge is 2.09. The summed E-state index contributed by atoms with van der Waals surface area (Å²) in [6, 6.07) is 18.3. The Balaban J connectivity index is 1.79. The average molecular weight is 433 g/mol. The molecule has 6 heteroatoms. The lowest BCUT2D eigenvalue weighted by molar-refractivity contribution is 0.306. The normalized spacial score (nSPS) is 11.2. The molecule has 0 radical (unpaired) electrons. The van der Waals surface area contributed by atoms with Crippen molar-refractivity contribution in [1.29, 1.82) is 5.26 Å². The quantitative estimate of drug-likeness (QED) is 0.310. The van der Waals surface area contributed by atoms with Crippen molar-refractivity contribution in [2.75, 3.05) is 0 Å². The molecule has 0 aliphatic heterocycles. The molecule has 140 valence electrons. The summed E-state index contributed by atoms with van der Waals surface area (Å²) in [5, 5.41) is 10.8. The Hall–Kier alpha value is -2.51. The molecule has 0 aliphatic carbocycles. The first kappa shape index (κ1) is 20.2. The third-order valence-electron chi connectivity index (χ3n) is 3.92. The van der Waals surface area contributed by atoms with E-state index in [2.05, 4.69) is 6.07 Å². The summed E-state index contributed by atoms with van der Waals surface area (Å²) in [5.41, 5.74) is 2.52. The summed E-state index contributed by atoms with van der Waals surface area (Å²) in [4.78, 5) is 0. The predicted molar refractivity (Wildman–Crippen MR) is 112 cm³/mol. The van der Waals surface area contributed by atoms with Crippen LogP contribution >= 0.6 is 34.8 Å². The number of hydrogen-bond donors (Lipinski definition) is 0. The number of nitriles is 1. The Morgan fingerprint density at radius 3 is 2.36 bits per heavy atom. The zero-order chi connectivity index (χ0) is 20.1. The molecule has 0 spiro atoms. The van der Waals surface area contributed by atoms with Gasteiger partial charge in [-0.05, 0) is 53.6 Å². The standard InChI is InChI=1S/C22H13Cl3FNO/c23-17-4-7-19(20(24)11-17)16(12-27)9-15-3-8-22(21(25)10-15)28-13-14-1-5-18(26)6-2-14/h1-11H,13H2/b16-9+. The molecule has 0 saturated carbocycles. The summed E-state index contributed by atoms with van der Waals surface area (Å²) >= 11 is 18.4. The number of benzene rings is 3. The van der Waals surface area contributed by atoms with E-state index in [0.717, 1.165) is 11.1 Å². The lowest BCUT2D eigenvalue weighted by atomic mass is 10.0. The minimum atomic E-state index is -0.299. The van der Waals surface area contributed by atoms with E-state index in [1.165, 1.54) is 12.1 Å². The van der Waals surface area contributed by atoms with Gasteiger partial charge >= 0.3 is 0 Å². The van der Waals surface area contributed by atoms with Crippen LogP contribution in [0.5, 0.6) is 5.75 Å². The van der Waals surface area contributed by atoms with Crippen LogP contribution in [0, 0.1) is 17.1 Å². The third kappa shape index (κ3) is 5.05. The monoisotopic (exact) mass is 431 g/mol. The van der Waals surface area contributed by atoms with Crippen molar-refractivity contribution in [1.82, 2.24) is 0 Å². The Morgan fingerprint density at radius 2 is 1.71 bits per heavy atom. The summed E-state index contributed by atoms with van der Waals surface area (Å²) in [5.74, 6) is 0.193. The maximum absolute atomic E-state index is 13.0. The number of hydrogen-bond acceptors (Lipinski definition) is 2. The molecule has 0 atom stereocenters. The summed E-state index contributed by atoms with van der Waals surface area (Å²) in [6.45, 7) is 0.263. The van der Waals surface area contributed by atoms with Crippen LogP contribution in [-0.4, -0.2) is 0 Å². The van der Waals surface area contributed by atoms with Crippen LogP contribution in [0.4, 0.5) is 4.39 Å². The topological polar surface area (TPSA) is 33.0 Å². The van der Waals surface area contributed by atoms with Crippen molar-refractivity contribution in [2.24, 2.45) is 0 Å². The van der Waals surface area contributed by atoms with Gasteiger partial charge in [0.25, 0.3) is 0 Å². The van der Waals surface area contributed by atoms with E-state index in [-0.39, 0.29) is 12.4 Å². The lowest BCUT2D eigenvalue weighted by Crippen LogP contribution is -1.96. The number of halogens is 4. The van der Waals surface area contributed by atoms with Crippen molar-refractivity contribution in [2.45, 2.75) is 6.61 Å². The minimum Gasteiger partial charge on any atom is -0.487 e. The van der Waals surface area contributed by atoms with Crippen LogP contribution in [-0.2, 0) is 6.61 Å². The van der Waals surface area contributed by atoms with Gasteiger partial charge in [-0.25, -0.2) is 4.39 Å². The molecule has 0 saturated heterocycles. The Bertz CT molecular complexity index is 1070. The van der Waals surface area contributed by atoms with E-state index in [1.54, 1.807) is 54.6 Å². The second-order valence-corrected chi connectivity index (χ2v) is 7.15. The van der Waals surface area contributed by atoms with Gasteiger partial charge in [0.05, 0.1) is 21.7 Å². The molecule has 0 amide bonds. The third-order valence-corrected chi connectivity index (χ3v) is 4.76. The van der Waals surface area contributed by atoms with Gasteiger partial charge in [-0.3, -0.25) is 0 Å². The Morgan fingerprint density at radius 1 is 0.964 bits per heavy atom. The lowest BCUT2D eigenvalue weighted by Gasteiger charge is -2.09. The molecule has 3 aromatic carbocycles. The van der Waals surface area contributed by atoms with Crippen molar-refractivity contribution >= 4 is 46.5 Å². The van der Waals surface area contributed by atoms with Crippen LogP contribution in [0.1, 0.15) is 16.7 Å². The van der Waals surface area contributed by atoms with Gasteiger partial charge < -0.3 is 4.74 Å². The second kappa shape index (κ2) is 9.12.